The standard InChI is InChI=1S/C27H50O5/c1-4-5-6-7-8-9-10-19-31-27(28)23-11-13-24(14-12-23)29-20-21-30-25-15-17-26(18-16-25)32-22(2)3/h22-26H,4-21H2,1-3H3. The van der Waals surface area contributed by atoms with Crippen molar-refractivity contribution < 1.29 is 23.7 Å². The maximum Gasteiger partial charge on any atom is 0.308 e. The molecule has 0 aromatic heterocycles. The van der Waals surface area contributed by atoms with Crippen molar-refractivity contribution in [2.24, 2.45) is 5.92 Å². The Hall–Kier alpha value is -0.650. The fourth-order valence-electron chi connectivity index (χ4n) is 4.96. The van der Waals surface area contributed by atoms with Crippen molar-refractivity contribution >= 4 is 5.97 Å². The predicted molar refractivity (Wildman–Crippen MR) is 129 cm³/mol. The van der Waals surface area contributed by atoms with E-state index in [9.17, 15) is 4.79 Å². The third-order valence-electron chi connectivity index (χ3n) is 6.88. The van der Waals surface area contributed by atoms with E-state index in [1.54, 1.807) is 0 Å². The molecule has 32 heavy (non-hydrogen) atoms. The molecule has 0 radical (unpaired) electrons. The fraction of sp³-hybridized carbons (Fsp3) is 0.963. The fourth-order valence-corrected chi connectivity index (χ4v) is 4.96. The minimum absolute atomic E-state index is 0.00909. The first-order valence-corrected chi connectivity index (χ1v) is 13.6. The van der Waals surface area contributed by atoms with Crippen molar-refractivity contribution in [1.82, 2.24) is 0 Å². The summed E-state index contributed by atoms with van der Waals surface area (Å²) in [6.45, 7) is 8.36. The molecule has 0 aromatic carbocycles. The average molecular weight is 455 g/mol. The van der Waals surface area contributed by atoms with Crippen LogP contribution in [-0.2, 0) is 23.7 Å². The van der Waals surface area contributed by atoms with Gasteiger partial charge in [0.25, 0.3) is 0 Å². The smallest absolute Gasteiger partial charge is 0.308 e. The van der Waals surface area contributed by atoms with Gasteiger partial charge in [-0.15, -0.1) is 0 Å². The topological polar surface area (TPSA) is 54.0 Å². The number of rotatable bonds is 16. The van der Waals surface area contributed by atoms with Gasteiger partial charge in [0.1, 0.15) is 0 Å². The Labute approximate surface area is 197 Å². The quantitative estimate of drug-likeness (QED) is 0.194. The molecule has 2 saturated carbocycles. The van der Waals surface area contributed by atoms with Crippen LogP contribution in [0.25, 0.3) is 0 Å². The van der Waals surface area contributed by atoms with Gasteiger partial charge in [-0.2, -0.15) is 0 Å². The number of esters is 1. The van der Waals surface area contributed by atoms with Crippen LogP contribution in [0.1, 0.15) is 117 Å². The minimum atomic E-state index is 0.00909. The lowest BCUT2D eigenvalue weighted by Gasteiger charge is -2.30. The first kappa shape index (κ1) is 27.6. The van der Waals surface area contributed by atoms with Crippen molar-refractivity contribution in [1.29, 1.82) is 0 Å². The Balaban J connectivity index is 1.43. The molecule has 0 amide bonds. The van der Waals surface area contributed by atoms with Crippen LogP contribution >= 0.6 is 0 Å². The van der Waals surface area contributed by atoms with E-state index in [0.29, 0.717) is 38.1 Å². The molecule has 0 unspecified atom stereocenters. The molecule has 2 aliphatic carbocycles. The third kappa shape index (κ3) is 12.0. The highest BCUT2D eigenvalue weighted by Crippen LogP contribution is 2.28. The van der Waals surface area contributed by atoms with E-state index in [4.69, 9.17) is 18.9 Å². The molecular weight excluding hydrogens is 404 g/mol. The molecule has 0 aromatic rings. The summed E-state index contributed by atoms with van der Waals surface area (Å²) in [5.74, 6) is 0.0775. The van der Waals surface area contributed by atoms with Gasteiger partial charge >= 0.3 is 5.97 Å². The normalized spacial score (nSPS) is 26.4. The van der Waals surface area contributed by atoms with E-state index >= 15 is 0 Å². The van der Waals surface area contributed by atoms with Crippen LogP contribution in [0.15, 0.2) is 0 Å². The Morgan fingerprint density at radius 3 is 1.75 bits per heavy atom. The zero-order valence-electron chi connectivity index (χ0n) is 21.2. The van der Waals surface area contributed by atoms with Gasteiger partial charge in [0.15, 0.2) is 0 Å². The predicted octanol–water partition coefficient (Wildman–Crippen LogP) is 6.61. The van der Waals surface area contributed by atoms with Crippen LogP contribution in [0.4, 0.5) is 0 Å². The first-order valence-electron chi connectivity index (χ1n) is 13.6. The molecule has 2 fully saturated rings. The summed E-state index contributed by atoms with van der Waals surface area (Å²) in [4.78, 5) is 12.3. The second-order valence-corrected chi connectivity index (χ2v) is 10.1. The Morgan fingerprint density at radius 2 is 1.19 bits per heavy atom. The van der Waals surface area contributed by atoms with Crippen molar-refractivity contribution in [3.8, 4) is 0 Å². The van der Waals surface area contributed by atoms with Crippen LogP contribution in [-0.4, -0.2) is 50.2 Å². The molecule has 0 atom stereocenters. The molecule has 0 saturated heterocycles. The number of hydrogen-bond donors (Lipinski definition) is 0. The van der Waals surface area contributed by atoms with Crippen LogP contribution < -0.4 is 0 Å². The Morgan fingerprint density at radius 1 is 0.688 bits per heavy atom. The van der Waals surface area contributed by atoms with Crippen LogP contribution in [0.3, 0.4) is 0 Å². The lowest BCUT2D eigenvalue weighted by atomic mass is 9.87. The largest absolute Gasteiger partial charge is 0.465 e. The summed E-state index contributed by atoms with van der Waals surface area (Å²) >= 11 is 0. The molecule has 0 heterocycles. The maximum absolute atomic E-state index is 12.3. The third-order valence-corrected chi connectivity index (χ3v) is 6.88. The van der Waals surface area contributed by atoms with E-state index in [0.717, 1.165) is 57.8 Å². The zero-order valence-corrected chi connectivity index (χ0v) is 21.2. The van der Waals surface area contributed by atoms with Crippen molar-refractivity contribution in [3.63, 3.8) is 0 Å². The summed E-state index contributed by atoms with van der Waals surface area (Å²) in [5, 5.41) is 0. The lowest BCUT2D eigenvalue weighted by Crippen LogP contribution is -2.30. The van der Waals surface area contributed by atoms with Gasteiger partial charge in [-0.25, -0.2) is 0 Å². The van der Waals surface area contributed by atoms with Gasteiger partial charge in [0.05, 0.1) is 50.2 Å². The molecule has 0 aliphatic heterocycles. The molecule has 2 rings (SSSR count). The lowest BCUT2D eigenvalue weighted by molar-refractivity contribution is -0.151. The summed E-state index contributed by atoms with van der Waals surface area (Å²) in [7, 11) is 0. The van der Waals surface area contributed by atoms with Gasteiger partial charge in [-0.1, -0.05) is 45.4 Å². The highest BCUT2D eigenvalue weighted by Gasteiger charge is 2.28. The summed E-state index contributed by atoms with van der Waals surface area (Å²) in [6, 6.07) is 0. The minimum Gasteiger partial charge on any atom is -0.465 e. The van der Waals surface area contributed by atoms with Gasteiger partial charge in [-0.3, -0.25) is 4.79 Å². The monoisotopic (exact) mass is 454 g/mol. The Kier molecular flexibility index (Phi) is 14.6. The molecule has 2 aliphatic rings. The van der Waals surface area contributed by atoms with E-state index in [1.807, 2.05) is 0 Å². The molecule has 0 spiro atoms. The second-order valence-electron chi connectivity index (χ2n) is 10.1. The summed E-state index contributed by atoms with van der Waals surface area (Å²) in [5.41, 5.74) is 0. The van der Waals surface area contributed by atoms with Gasteiger partial charge in [0.2, 0.25) is 0 Å². The van der Waals surface area contributed by atoms with Gasteiger partial charge in [0, 0.05) is 0 Å². The molecular formula is C27H50O5. The second kappa shape index (κ2) is 16.9. The SMILES string of the molecule is CCCCCCCCCOC(=O)C1CCC(OCCOC2CCC(OC(C)C)CC2)CC1. The van der Waals surface area contributed by atoms with E-state index < -0.39 is 0 Å². The van der Waals surface area contributed by atoms with Gasteiger partial charge < -0.3 is 18.9 Å². The van der Waals surface area contributed by atoms with Crippen LogP contribution in [0, 0.1) is 5.92 Å². The summed E-state index contributed by atoms with van der Waals surface area (Å²) in [6.07, 6.45) is 18.1. The average Bonchev–Trinajstić information content (AvgIpc) is 2.79. The summed E-state index contributed by atoms with van der Waals surface area (Å²) < 4.78 is 23.5. The molecule has 5 heteroatoms. The zero-order chi connectivity index (χ0) is 23.0. The molecule has 0 bridgehead atoms. The van der Waals surface area contributed by atoms with Crippen molar-refractivity contribution in [3.05, 3.63) is 0 Å². The van der Waals surface area contributed by atoms with E-state index in [2.05, 4.69) is 20.8 Å². The molecule has 188 valence electrons. The Bertz CT molecular complexity index is 465. The van der Waals surface area contributed by atoms with Crippen LogP contribution in [0.2, 0.25) is 0 Å². The van der Waals surface area contributed by atoms with Crippen molar-refractivity contribution in [2.75, 3.05) is 19.8 Å². The maximum atomic E-state index is 12.3. The number of hydrogen-bond acceptors (Lipinski definition) is 5. The number of carbonyl (C=O) groups excluding carboxylic acids is 1. The van der Waals surface area contributed by atoms with E-state index in [-0.39, 0.29) is 18.0 Å². The van der Waals surface area contributed by atoms with Crippen LogP contribution in [0.5, 0.6) is 0 Å². The highest BCUT2D eigenvalue weighted by molar-refractivity contribution is 5.72. The highest BCUT2D eigenvalue weighted by atomic mass is 16.5. The number of carbonyl (C=O) groups is 1. The van der Waals surface area contributed by atoms with Crippen molar-refractivity contribution in [2.45, 2.75) is 141 Å². The molecule has 5 nitrogen and oxygen atoms in total. The van der Waals surface area contributed by atoms with Gasteiger partial charge in [-0.05, 0) is 71.6 Å². The number of unbranched alkanes of at least 4 members (excludes halogenated alkanes) is 6. The molecule has 0 N–H and O–H groups in total. The van der Waals surface area contributed by atoms with E-state index in [1.165, 1.54) is 38.5 Å². The number of ether oxygens (including phenoxy) is 4. The first-order chi connectivity index (χ1) is 15.6.